The zero-order valence-electron chi connectivity index (χ0n) is 10.7. The summed E-state index contributed by atoms with van der Waals surface area (Å²) in [6.45, 7) is 3.38. The zero-order valence-corrected chi connectivity index (χ0v) is 13.1. The van der Waals surface area contributed by atoms with Gasteiger partial charge in [-0.1, -0.05) is 28.9 Å². The van der Waals surface area contributed by atoms with Crippen LogP contribution in [0.25, 0.3) is 0 Å². The number of hydrogen-bond acceptors (Lipinski definition) is 3. The number of halogens is 1. The van der Waals surface area contributed by atoms with Crippen LogP contribution in [-0.2, 0) is 6.54 Å². The first-order valence-electron chi connectivity index (χ1n) is 6.48. The van der Waals surface area contributed by atoms with Gasteiger partial charge in [0.25, 0.3) is 0 Å². The molecule has 0 heterocycles. The lowest BCUT2D eigenvalue weighted by atomic mass is 10.2. The number of rotatable bonds is 7. The van der Waals surface area contributed by atoms with Crippen molar-refractivity contribution < 1.29 is 5.11 Å². The van der Waals surface area contributed by atoms with Gasteiger partial charge >= 0.3 is 0 Å². The summed E-state index contributed by atoms with van der Waals surface area (Å²) in [6, 6.07) is 7.21. The van der Waals surface area contributed by atoms with E-state index in [-0.39, 0.29) is 6.61 Å². The fourth-order valence-corrected chi connectivity index (χ4v) is 3.44. The molecule has 1 fully saturated rings. The molecule has 2 N–H and O–H groups in total. The molecule has 2 nitrogen and oxygen atoms in total. The highest BCUT2D eigenvalue weighted by atomic mass is 79.9. The third kappa shape index (κ3) is 4.57. The van der Waals surface area contributed by atoms with E-state index in [0.717, 1.165) is 23.5 Å². The Balaban J connectivity index is 2.01. The van der Waals surface area contributed by atoms with Crippen molar-refractivity contribution in [1.29, 1.82) is 0 Å². The average Bonchev–Trinajstić information content (AvgIpc) is 3.12. The van der Waals surface area contributed by atoms with Gasteiger partial charge in [0.2, 0.25) is 0 Å². The standard InChI is InChI=1S/C14H20BrNOS/c1-10(6-7-17)18-14-8-12(15)3-2-11(14)9-16-13-4-5-13/h2-3,8,10,13,16-17H,4-7,9H2,1H3. The van der Waals surface area contributed by atoms with E-state index in [9.17, 15) is 0 Å². The van der Waals surface area contributed by atoms with Gasteiger partial charge in [-0.3, -0.25) is 0 Å². The maximum Gasteiger partial charge on any atom is 0.0441 e. The van der Waals surface area contributed by atoms with Gasteiger partial charge in [-0.2, -0.15) is 0 Å². The van der Waals surface area contributed by atoms with Crippen LogP contribution in [0.4, 0.5) is 0 Å². The lowest BCUT2D eigenvalue weighted by molar-refractivity contribution is 0.289. The fourth-order valence-electron chi connectivity index (χ4n) is 1.78. The third-order valence-electron chi connectivity index (χ3n) is 3.05. The molecule has 1 atom stereocenters. The van der Waals surface area contributed by atoms with Crippen molar-refractivity contribution in [2.75, 3.05) is 6.61 Å². The van der Waals surface area contributed by atoms with Gasteiger partial charge in [-0.05, 0) is 37.0 Å². The molecule has 1 unspecified atom stereocenters. The molecule has 1 aromatic rings. The van der Waals surface area contributed by atoms with E-state index >= 15 is 0 Å². The average molecular weight is 330 g/mol. The summed E-state index contributed by atoms with van der Waals surface area (Å²) in [5.74, 6) is 0. The van der Waals surface area contributed by atoms with E-state index in [1.54, 1.807) is 0 Å². The van der Waals surface area contributed by atoms with E-state index in [4.69, 9.17) is 5.11 Å². The lowest BCUT2D eigenvalue weighted by Crippen LogP contribution is -2.16. The Morgan fingerprint density at radius 3 is 2.94 bits per heavy atom. The van der Waals surface area contributed by atoms with Crippen molar-refractivity contribution in [3.63, 3.8) is 0 Å². The largest absolute Gasteiger partial charge is 0.396 e. The summed E-state index contributed by atoms with van der Waals surface area (Å²) in [6.07, 6.45) is 3.48. The van der Waals surface area contributed by atoms with Crippen molar-refractivity contribution in [1.82, 2.24) is 5.32 Å². The molecular weight excluding hydrogens is 310 g/mol. The number of thioether (sulfide) groups is 1. The molecule has 18 heavy (non-hydrogen) atoms. The molecule has 2 rings (SSSR count). The van der Waals surface area contributed by atoms with Gasteiger partial charge < -0.3 is 10.4 Å². The SMILES string of the molecule is CC(CCO)Sc1cc(Br)ccc1CNC1CC1. The number of hydrogen-bond donors (Lipinski definition) is 2. The van der Waals surface area contributed by atoms with Crippen LogP contribution >= 0.6 is 27.7 Å². The highest BCUT2D eigenvalue weighted by Gasteiger charge is 2.20. The highest BCUT2D eigenvalue weighted by molar-refractivity contribution is 9.10. The Hall–Kier alpha value is -0.0300. The van der Waals surface area contributed by atoms with Crippen LogP contribution < -0.4 is 5.32 Å². The molecule has 0 spiro atoms. The minimum absolute atomic E-state index is 0.262. The monoisotopic (exact) mass is 329 g/mol. The minimum Gasteiger partial charge on any atom is -0.396 e. The van der Waals surface area contributed by atoms with E-state index in [1.165, 1.54) is 23.3 Å². The van der Waals surface area contributed by atoms with E-state index in [0.29, 0.717) is 5.25 Å². The molecule has 1 saturated carbocycles. The lowest BCUT2D eigenvalue weighted by Gasteiger charge is -2.14. The Morgan fingerprint density at radius 1 is 1.50 bits per heavy atom. The van der Waals surface area contributed by atoms with E-state index in [1.807, 2.05) is 11.8 Å². The van der Waals surface area contributed by atoms with Crippen LogP contribution in [-0.4, -0.2) is 23.0 Å². The van der Waals surface area contributed by atoms with Gasteiger partial charge in [-0.25, -0.2) is 0 Å². The van der Waals surface area contributed by atoms with E-state index < -0.39 is 0 Å². The minimum atomic E-state index is 0.262. The van der Waals surface area contributed by atoms with Crippen LogP contribution in [0.5, 0.6) is 0 Å². The van der Waals surface area contributed by atoms with Crippen molar-refractivity contribution in [3.05, 3.63) is 28.2 Å². The summed E-state index contributed by atoms with van der Waals surface area (Å²) in [4.78, 5) is 1.32. The van der Waals surface area contributed by atoms with Gasteiger partial charge in [0, 0.05) is 33.8 Å². The molecule has 0 radical (unpaired) electrons. The second kappa shape index (κ2) is 6.94. The molecule has 0 aliphatic heterocycles. The Kier molecular flexibility index (Phi) is 5.55. The maximum atomic E-state index is 8.99. The molecule has 0 amide bonds. The van der Waals surface area contributed by atoms with E-state index in [2.05, 4.69) is 46.4 Å². The van der Waals surface area contributed by atoms with Crippen molar-refractivity contribution in [2.24, 2.45) is 0 Å². The predicted octanol–water partition coefficient (Wildman–Crippen LogP) is 3.56. The van der Waals surface area contributed by atoms with Crippen LogP contribution in [0.1, 0.15) is 31.7 Å². The summed E-state index contributed by atoms with van der Waals surface area (Å²) in [5.41, 5.74) is 1.36. The van der Waals surface area contributed by atoms with Crippen LogP contribution in [0.2, 0.25) is 0 Å². The molecular formula is C14H20BrNOS. The maximum absolute atomic E-state index is 8.99. The van der Waals surface area contributed by atoms with Gasteiger partial charge in [0.1, 0.15) is 0 Å². The molecule has 0 aromatic heterocycles. The van der Waals surface area contributed by atoms with Gasteiger partial charge in [0.05, 0.1) is 0 Å². The normalized spacial score (nSPS) is 16.8. The smallest absolute Gasteiger partial charge is 0.0441 e. The summed E-state index contributed by atoms with van der Waals surface area (Å²) < 4.78 is 1.12. The van der Waals surface area contributed by atoms with Crippen molar-refractivity contribution >= 4 is 27.7 Å². The fraction of sp³-hybridized carbons (Fsp3) is 0.571. The molecule has 0 saturated heterocycles. The first kappa shape index (κ1) is 14.4. The molecule has 4 heteroatoms. The van der Waals surface area contributed by atoms with Crippen molar-refractivity contribution in [2.45, 2.75) is 48.9 Å². The van der Waals surface area contributed by atoms with Crippen LogP contribution in [0.3, 0.4) is 0 Å². The van der Waals surface area contributed by atoms with Gasteiger partial charge in [-0.15, -0.1) is 11.8 Å². The second-order valence-corrected chi connectivity index (χ2v) is 7.24. The summed E-state index contributed by atoms with van der Waals surface area (Å²) >= 11 is 5.39. The Bertz CT molecular complexity index is 395. The molecule has 1 aromatic carbocycles. The third-order valence-corrected chi connectivity index (χ3v) is 4.82. The number of benzene rings is 1. The van der Waals surface area contributed by atoms with Crippen molar-refractivity contribution in [3.8, 4) is 0 Å². The number of aliphatic hydroxyl groups is 1. The summed E-state index contributed by atoms with van der Waals surface area (Å²) in [5, 5.41) is 13.0. The topological polar surface area (TPSA) is 32.3 Å². The summed E-state index contributed by atoms with van der Waals surface area (Å²) in [7, 11) is 0. The van der Waals surface area contributed by atoms with Crippen LogP contribution in [0, 0.1) is 0 Å². The Labute approximate surface area is 122 Å². The second-order valence-electron chi connectivity index (χ2n) is 4.85. The first-order valence-corrected chi connectivity index (χ1v) is 8.15. The highest BCUT2D eigenvalue weighted by Crippen LogP contribution is 2.31. The molecule has 1 aliphatic rings. The predicted molar refractivity (Wildman–Crippen MR) is 81.0 cm³/mol. The van der Waals surface area contributed by atoms with Crippen LogP contribution in [0.15, 0.2) is 27.6 Å². The quantitative estimate of drug-likeness (QED) is 0.750. The van der Waals surface area contributed by atoms with Gasteiger partial charge in [0.15, 0.2) is 0 Å². The number of nitrogens with one attached hydrogen (secondary N) is 1. The molecule has 1 aliphatic carbocycles. The number of aliphatic hydroxyl groups excluding tert-OH is 1. The first-order chi connectivity index (χ1) is 8.69. The Morgan fingerprint density at radius 2 is 2.28 bits per heavy atom. The zero-order chi connectivity index (χ0) is 13.0. The molecule has 0 bridgehead atoms. The molecule has 100 valence electrons.